The van der Waals surface area contributed by atoms with E-state index in [0.29, 0.717) is 6.61 Å². The number of aryl methyl sites for hydroxylation is 1. The van der Waals surface area contributed by atoms with Crippen LogP contribution in [0, 0.1) is 12.3 Å². The summed E-state index contributed by atoms with van der Waals surface area (Å²) in [5.41, 5.74) is 0.677. The normalized spacial score (nSPS) is 11.1. The van der Waals surface area contributed by atoms with Gasteiger partial charge < -0.3 is 9.53 Å². The van der Waals surface area contributed by atoms with E-state index >= 15 is 0 Å². The zero-order chi connectivity index (χ0) is 10.6. The molecule has 0 radical (unpaired) electrons. The SMILES string of the molecule is Cc1ccccc1OCC(C)(C)C=O. The molecule has 0 aliphatic heterocycles. The van der Waals surface area contributed by atoms with Crippen molar-refractivity contribution in [3.05, 3.63) is 29.8 Å². The minimum atomic E-state index is -0.414. The van der Waals surface area contributed by atoms with Crippen LogP contribution in [-0.2, 0) is 4.79 Å². The van der Waals surface area contributed by atoms with Crippen LogP contribution >= 0.6 is 0 Å². The molecule has 0 fully saturated rings. The largest absolute Gasteiger partial charge is 0.492 e. The summed E-state index contributed by atoms with van der Waals surface area (Å²) in [5.74, 6) is 0.849. The van der Waals surface area contributed by atoms with Gasteiger partial charge in [0.1, 0.15) is 12.0 Å². The van der Waals surface area contributed by atoms with Gasteiger partial charge in [-0.25, -0.2) is 0 Å². The Morgan fingerprint density at radius 1 is 1.36 bits per heavy atom. The summed E-state index contributed by atoms with van der Waals surface area (Å²) in [4.78, 5) is 10.7. The van der Waals surface area contributed by atoms with Crippen LogP contribution in [0.2, 0.25) is 0 Å². The van der Waals surface area contributed by atoms with E-state index < -0.39 is 5.41 Å². The van der Waals surface area contributed by atoms with Crippen molar-refractivity contribution >= 4 is 6.29 Å². The molecule has 0 unspecified atom stereocenters. The van der Waals surface area contributed by atoms with Crippen molar-refractivity contribution in [1.29, 1.82) is 0 Å². The quantitative estimate of drug-likeness (QED) is 0.685. The predicted octanol–water partition coefficient (Wildman–Crippen LogP) is 2.60. The molecule has 2 heteroatoms. The monoisotopic (exact) mass is 192 g/mol. The highest BCUT2D eigenvalue weighted by Crippen LogP contribution is 2.19. The first kappa shape index (κ1) is 10.8. The standard InChI is InChI=1S/C12H16O2/c1-10-6-4-5-7-11(10)14-9-12(2,3)8-13/h4-8H,9H2,1-3H3. The lowest BCUT2D eigenvalue weighted by molar-refractivity contribution is -0.116. The molecule has 0 aliphatic carbocycles. The Labute approximate surface area is 84.9 Å². The summed E-state index contributed by atoms with van der Waals surface area (Å²) < 4.78 is 5.56. The topological polar surface area (TPSA) is 26.3 Å². The maximum absolute atomic E-state index is 10.7. The number of carbonyl (C=O) groups excluding carboxylic acids is 1. The van der Waals surface area contributed by atoms with Crippen molar-refractivity contribution in [2.45, 2.75) is 20.8 Å². The zero-order valence-corrected chi connectivity index (χ0v) is 8.91. The molecule has 2 nitrogen and oxygen atoms in total. The molecule has 1 rings (SSSR count). The first-order valence-electron chi connectivity index (χ1n) is 4.70. The highest BCUT2D eigenvalue weighted by Gasteiger charge is 2.17. The second kappa shape index (κ2) is 4.27. The van der Waals surface area contributed by atoms with Gasteiger partial charge in [-0.3, -0.25) is 0 Å². The summed E-state index contributed by atoms with van der Waals surface area (Å²) in [6.45, 7) is 6.13. The summed E-state index contributed by atoms with van der Waals surface area (Å²) in [6, 6.07) is 7.79. The van der Waals surface area contributed by atoms with Crippen LogP contribution in [0.5, 0.6) is 5.75 Å². The molecular weight excluding hydrogens is 176 g/mol. The van der Waals surface area contributed by atoms with E-state index in [-0.39, 0.29) is 0 Å². The number of aldehydes is 1. The van der Waals surface area contributed by atoms with Crippen LogP contribution in [0.15, 0.2) is 24.3 Å². The fraction of sp³-hybridized carbons (Fsp3) is 0.417. The Morgan fingerprint density at radius 2 is 2.00 bits per heavy atom. The highest BCUT2D eigenvalue weighted by molar-refractivity contribution is 5.58. The van der Waals surface area contributed by atoms with Gasteiger partial charge in [0.05, 0.1) is 12.0 Å². The van der Waals surface area contributed by atoms with Crippen molar-refractivity contribution in [1.82, 2.24) is 0 Å². The van der Waals surface area contributed by atoms with Gasteiger partial charge in [-0.15, -0.1) is 0 Å². The minimum Gasteiger partial charge on any atom is -0.492 e. The first-order valence-corrected chi connectivity index (χ1v) is 4.70. The molecule has 0 aromatic heterocycles. The molecule has 76 valence electrons. The van der Waals surface area contributed by atoms with Crippen LogP contribution < -0.4 is 4.74 Å². The minimum absolute atomic E-state index is 0.414. The molecule has 0 heterocycles. The third-order valence-corrected chi connectivity index (χ3v) is 2.01. The van der Waals surface area contributed by atoms with Crippen molar-refractivity contribution in [2.24, 2.45) is 5.41 Å². The molecule has 0 saturated carbocycles. The van der Waals surface area contributed by atoms with Gasteiger partial charge in [-0.2, -0.15) is 0 Å². The lowest BCUT2D eigenvalue weighted by Crippen LogP contribution is -2.22. The third-order valence-electron chi connectivity index (χ3n) is 2.01. The summed E-state index contributed by atoms with van der Waals surface area (Å²) in [5, 5.41) is 0. The second-order valence-corrected chi connectivity index (χ2v) is 4.16. The third kappa shape index (κ3) is 2.87. The van der Waals surface area contributed by atoms with Gasteiger partial charge in [0.2, 0.25) is 0 Å². The lowest BCUT2D eigenvalue weighted by Gasteiger charge is -2.18. The predicted molar refractivity (Wildman–Crippen MR) is 56.5 cm³/mol. The van der Waals surface area contributed by atoms with Crippen molar-refractivity contribution < 1.29 is 9.53 Å². The molecule has 0 aliphatic rings. The van der Waals surface area contributed by atoms with Crippen molar-refractivity contribution in [3.8, 4) is 5.75 Å². The number of ether oxygens (including phenoxy) is 1. The highest BCUT2D eigenvalue weighted by atomic mass is 16.5. The molecule has 1 aromatic rings. The van der Waals surface area contributed by atoms with Crippen LogP contribution in [-0.4, -0.2) is 12.9 Å². The molecule has 0 saturated heterocycles. The van der Waals surface area contributed by atoms with E-state index in [2.05, 4.69) is 0 Å². The van der Waals surface area contributed by atoms with E-state index in [9.17, 15) is 4.79 Å². The number of benzene rings is 1. The molecule has 0 amide bonds. The van der Waals surface area contributed by atoms with Gasteiger partial charge in [-0.05, 0) is 32.4 Å². The Kier molecular flexibility index (Phi) is 3.28. The van der Waals surface area contributed by atoms with Gasteiger partial charge >= 0.3 is 0 Å². The Hall–Kier alpha value is -1.31. The Morgan fingerprint density at radius 3 is 2.57 bits per heavy atom. The average Bonchev–Trinajstić information content (AvgIpc) is 2.17. The van der Waals surface area contributed by atoms with E-state index in [0.717, 1.165) is 17.6 Å². The fourth-order valence-electron chi connectivity index (χ4n) is 1.02. The smallest absolute Gasteiger partial charge is 0.128 e. The molecule has 0 bridgehead atoms. The number of rotatable bonds is 4. The molecule has 0 atom stereocenters. The van der Waals surface area contributed by atoms with Gasteiger partial charge in [0.15, 0.2) is 0 Å². The van der Waals surface area contributed by atoms with E-state index in [1.54, 1.807) is 0 Å². The van der Waals surface area contributed by atoms with Crippen molar-refractivity contribution in [2.75, 3.05) is 6.61 Å². The maximum atomic E-state index is 10.7. The first-order chi connectivity index (χ1) is 6.55. The Balaban J connectivity index is 2.62. The molecule has 0 N–H and O–H groups in total. The van der Waals surface area contributed by atoms with Crippen molar-refractivity contribution in [3.63, 3.8) is 0 Å². The maximum Gasteiger partial charge on any atom is 0.128 e. The van der Waals surface area contributed by atoms with Crippen LogP contribution in [0.4, 0.5) is 0 Å². The van der Waals surface area contributed by atoms with E-state index in [1.807, 2.05) is 45.0 Å². The summed E-state index contributed by atoms with van der Waals surface area (Å²) >= 11 is 0. The number of carbonyl (C=O) groups is 1. The van der Waals surface area contributed by atoms with Crippen LogP contribution in [0.1, 0.15) is 19.4 Å². The van der Waals surface area contributed by atoms with Crippen LogP contribution in [0.25, 0.3) is 0 Å². The molecule has 14 heavy (non-hydrogen) atoms. The van der Waals surface area contributed by atoms with Crippen LogP contribution in [0.3, 0.4) is 0 Å². The Bertz CT molecular complexity index is 316. The summed E-state index contributed by atoms with van der Waals surface area (Å²) in [7, 11) is 0. The second-order valence-electron chi connectivity index (χ2n) is 4.16. The van der Waals surface area contributed by atoms with E-state index in [4.69, 9.17) is 4.74 Å². The fourth-order valence-corrected chi connectivity index (χ4v) is 1.02. The average molecular weight is 192 g/mol. The number of para-hydroxylation sites is 1. The van der Waals surface area contributed by atoms with Gasteiger partial charge in [0, 0.05) is 0 Å². The zero-order valence-electron chi connectivity index (χ0n) is 8.91. The number of hydrogen-bond acceptors (Lipinski definition) is 2. The number of hydrogen-bond donors (Lipinski definition) is 0. The lowest BCUT2D eigenvalue weighted by atomic mass is 9.98. The van der Waals surface area contributed by atoms with Gasteiger partial charge in [-0.1, -0.05) is 18.2 Å². The summed E-state index contributed by atoms with van der Waals surface area (Å²) in [6.07, 6.45) is 0.922. The van der Waals surface area contributed by atoms with Gasteiger partial charge in [0.25, 0.3) is 0 Å². The molecular formula is C12H16O2. The molecule has 0 spiro atoms. The van der Waals surface area contributed by atoms with E-state index in [1.165, 1.54) is 0 Å². The molecule has 1 aromatic carbocycles.